The number of hydrogen-bond acceptors (Lipinski definition) is 5. The Bertz CT molecular complexity index is 810. The molecule has 1 N–H and O–H groups in total. The van der Waals surface area contributed by atoms with E-state index in [-0.39, 0.29) is 0 Å². The first-order chi connectivity index (χ1) is 14.1. The van der Waals surface area contributed by atoms with Gasteiger partial charge >= 0.3 is 0 Å². The molecule has 0 aliphatic carbocycles. The summed E-state index contributed by atoms with van der Waals surface area (Å²) in [4.78, 5) is 7.21. The van der Waals surface area contributed by atoms with Crippen LogP contribution >= 0.6 is 0 Å². The highest BCUT2D eigenvalue weighted by atomic mass is 16.7. The Morgan fingerprint density at radius 2 is 2.10 bits per heavy atom. The first-order valence-electron chi connectivity index (χ1n) is 10.9. The molecule has 4 rings (SSSR count). The summed E-state index contributed by atoms with van der Waals surface area (Å²) < 4.78 is 11.0. The Hall–Kier alpha value is -2.27. The van der Waals surface area contributed by atoms with Gasteiger partial charge in [0.1, 0.15) is 5.82 Å². The van der Waals surface area contributed by atoms with Gasteiger partial charge in [-0.1, -0.05) is 31.6 Å². The maximum Gasteiger partial charge on any atom is 0.231 e. The minimum Gasteiger partial charge on any atom is -0.454 e. The molecule has 0 radical (unpaired) electrons. The molecule has 5 heteroatoms. The van der Waals surface area contributed by atoms with Crippen molar-refractivity contribution in [2.24, 2.45) is 10.4 Å². The van der Waals surface area contributed by atoms with E-state index in [9.17, 15) is 0 Å². The van der Waals surface area contributed by atoms with Gasteiger partial charge in [0.15, 0.2) is 11.5 Å². The van der Waals surface area contributed by atoms with Crippen molar-refractivity contribution < 1.29 is 9.47 Å². The number of rotatable bonds is 6. The summed E-state index contributed by atoms with van der Waals surface area (Å²) in [7, 11) is 0. The first kappa shape index (κ1) is 20.0. The van der Waals surface area contributed by atoms with Crippen LogP contribution in [0.15, 0.2) is 46.7 Å². The molecule has 3 aliphatic heterocycles. The summed E-state index contributed by atoms with van der Waals surface area (Å²) in [5.74, 6) is 2.88. The van der Waals surface area contributed by atoms with Crippen LogP contribution in [0.3, 0.4) is 0 Å². The monoisotopic (exact) mass is 395 g/mol. The predicted molar refractivity (Wildman–Crippen MR) is 117 cm³/mol. The maximum atomic E-state index is 5.58. The first-order valence-corrected chi connectivity index (χ1v) is 10.9. The average molecular weight is 396 g/mol. The lowest BCUT2D eigenvalue weighted by molar-refractivity contribution is 0.173. The number of allylic oxidation sites excluding steroid dienone is 2. The second kappa shape index (κ2) is 9.04. The topological polar surface area (TPSA) is 46.1 Å². The van der Waals surface area contributed by atoms with Crippen LogP contribution in [0, 0.1) is 5.41 Å². The normalized spacial score (nSPS) is 20.7. The number of ether oxygens (including phenoxy) is 2. The van der Waals surface area contributed by atoms with Crippen molar-refractivity contribution in [3.05, 3.63) is 47.3 Å². The third kappa shape index (κ3) is 5.21. The van der Waals surface area contributed by atoms with Crippen molar-refractivity contribution >= 4 is 6.21 Å². The van der Waals surface area contributed by atoms with Gasteiger partial charge in [0.25, 0.3) is 0 Å². The van der Waals surface area contributed by atoms with Crippen molar-refractivity contribution in [2.45, 2.75) is 52.5 Å². The fourth-order valence-electron chi connectivity index (χ4n) is 4.21. The molecule has 0 unspecified atom stereocenters. The number of nitrogens with one attached hydrogen (secondary N) is 1. The molecule has 29 heavy (non-hydrogen) atoms. The molecule has 0 atom stereocenters. The second-order valence-corrected chi connectivity index (χ2v) is 8.95. The minimum atomic E-state index is 0.321. The lowest BCUT2D eigenvalue weighted by Crippen LogP contribution is -2.24. The Balaban J connectivity index is 1.24. The fourth-order valence-corrected chi connectivity index (χ4v) is 4.21. The third-order valence-electron chi connectivity index (χ3n) is 6.14. The molecule has 1 aromatic rings. The van der Waals surface area contributed by atoms with Crippen LogP contribution in [0.25, 0.3) is 0 Å². The number of likely N-dealkylation sites (tertiary alicyclic amines) is 1. The van der Waals surface area contributed by atoms with Crippen molar-refractivity contribution in [1.29, 1.82) is 0 Å². The molecule has 3 heterocycles. The SMILES string of the molecule is CC1(C)CCCN(C2=CCC(CCNCc3cccc4c3OCO4)=CC=N2)CC1. The van der Waals surface area contributed by atoms with Gasteiger partial charge in [0.2, 0.25) is 6.79 Å². The standard InChI is InChI=1S/C24H33N3O2/c1-24(2)11-4-15-27(16-12-24)22-8-7-19(10-14-26-22)9-13-25-17-20-5-3-6-21-23(20)29-18-28-21/h3,5-6,8,10,14,25H,4,7,9,11-13,15-18H2,1-2H3. The Morgan fingerprint density at radius 1 is 1.17 bits per heavy atom. The van der Waals surface area contributed by atoms with Crippen LogP contribution in [0.5, 0.6) is 11.5 Å². The summed E-state index contributed by atoms with van der Waals surface area (Å²) in [6.45, 7) is 9.05. The average Bonchev–Trinajstić information content (AvgIpc) is 2.97. The van der Waals surface area contributed by atoms with Crippen molar-refractivity contribution in [1.82, 2.24) is 10.2 Å². The molecular weight excluding hydrogens is 362 g/mol. The highest BCUT2D eigenvalue weighted by molar-refractivity contribution is 5.74. The molecule has 156 valence electrons. The van der Waals surface area contributed by atoms with Gasteiger partial charge in [-0.2, -0.15) is 0 Å². The van der Waals surface area contributed by atoms with Crippen LogP contribution in [0.1, 0.15) is 51.5 Å². The number of para-hydroxylation sites is 1. The van der Waals surface area contributed by atoms with Gasteiger partial charge in [-0.3, -0.25) is 0 Å². The van der Waals surface area contributed by atoms with Crippen LogP contribution in [0.4, 0.5) is 0 Å². The van der Waals surface area contributed by atoms with E-state index in [1.807, 2.05) is 18.3 Å². The molecule has 3 aliphatic rings. The Labute approximate surface area is 174 Å². The lowest BCUT2D eigenvalue weighted by atomic mass is 9.85. The zero-order valence-electron chi connectivity index (χ0n) is 17.7. The summed E-state index contributed by atoms with van der Waals surface area (Å²) >= 11 is 0. The van der Waals surface area contributed by atoms with Gasteiger partial charge in [-0.05, 0) is 62.3 Å². The smallest absolute Gasteiger partial charge is 0.231 e. The van der Waals surface area contributed by atoms with E-state index in [2.05, 4.69) is 42.3 Å². The van der Waals surface area contributed by atoms with Crippen LogP contribution in [0.2, 0.25) is 0 Å². The zero-order valence-corrected chi connectivity index (χ0v) is 17.7. The molecule has 5 nitrogen and oxygen atoms in total. The predicted octanol–water partition coefficient (Wildman–Crippen LogP) is 4.65. The van der Waals surface area contributed by atoms with Crippen molar-refractivity contribution in [3.63, 3.8) is 0 Å². The van der Waals surface area contributed by atoms with Gasteiger partial charge in [0, 0.05) is 31.4 Å². The largest absolute Gasteiger partial charge is 0.454 e. The van der Waals surface area contributed by atoms with Crippen molar-refractivity contribution in [2.75, 3.05) is 26.4 Å². The summed E-state index contributed by atoms with van der Waals surface area (Å²) in [5.41, 5.74) is 3.03. The van der Waals surface area contributed by atoms with Gasteiger partial charge in [-0.25, -0.2) is 4.99 Å². The van der Waals surface area contributed by atoms with E-state index >= 15 is 0 Å². The zero-order chi connectivity index (χ0) is 20.1. The maximum absolute atomic E-state index is 5.58. The van der Waals surface area contributed by atoms with E-state index in [0.29, 0.717) is 12.2 Å². The van der Waals surface area contributed by atoms with Gasteiger partial charge in [0.05, 0.1) is 0 Å². The molecule has 0 spiro atoms. The van der Waals surface area contributed by atoms with E-state index in [1.54, 1.807) is 0 Å². The van der Waals surface area contributed by atoms with Crippen LogP contribution < -0.4 is 14.8 Å². The van der Waals surface area contributed by atoms with Crippen LogP contribution in [-0.4, -0.2) is 37.5 Å². The molecule has 0 amide bonds. The molecular formula is C24H33N3O2. The molecule has 0 bridgehead atoms. The van der Waals surface area contributed by atoms with Crippen LogP contribution in [-0.2, 0) is 6.54 Å². The highest BCUT2D eigenvalue weighted by Gasteiger charge is 2.24. The molecule has 1 fully saturated rings. The molecule has 0 aromatic heterocycles. The van der Waals surface area contributed by atoms with Gasteiger partial charge in [-0.15, -0.1) is 0 Å². The Kier molecular flexibility index (Phi) is 6.24. The number of benzene rings is 1. The van der Waals surface area contributed by atoms with Crippen molar-refractivity contribution in [3.8, 4) is 11.5 Å². The summed E-state index contributed by atoms with van der Waals surface area (Å²) in [6.07, 6.45) is 12.3. The van der Waals surface area contributed by atoms with E-state index in [1.165, 1.54) is 24.8 Å². The molecule has 0 saturated carbocycles. The molecule has 1 aromatic carbocycles. The Morgan fingerprint density at radius 3 is 3.03 bits per heavy atom. The number of aliphatic imine (C=N–C) groups is 1. The molecule has 1 saturated heterocycles. The lowest BCUT2D eigenvalue weighted by Gasteiger charge is -2.24. The van der Waals surface area contributed by atoms with E-state index in [4.69, 9.17) is 14.5 Å². The van der Waals surface area contributed by atoms with E-state index in [0.717, 1.165) is 61.9 Å². The van der Waals surface area contributed by atoms with E-state index < -0.39 is 0 Å². The minimum absolute atomic E-state index is 0.321. The fraction of sp³-hybridized carbons (Fsp3) is 0.542. The number of hydrogen-bond donors (Lipinski definition) is 1. The quantitative estimate of drug-likeness (QED) is 0.712. The summed E-state index contributed by atoms with van der Waals surface area (Å²) in [6, 6.07) is 6.07. The number of fused-ring (bicyclic) bond motifs is 1. The third-order valence-corrected chi connectivity index (χ3v) is 6.14. The number of nitrogens with zero attached hydrogens (tertiary/aromatic N) is 2. The second-order valence-electron chi connectivity index (χ2n) is 8.95. The summed E-state index contributed by atoms with van der Waals surface area (Å²) in [5, 5.41) is 3.54. The van der Waals surface area contributed by atoms with Gasteiger partial charge < -0.3 is 19.7 Å². The highest BCUT2D eigenvalue weighted by Crippen LogP contribution is 2.35.